The lowest BCUT2D eigenvalue weighted by Gasteiger charge is -2.14. The maximum absolute atomic E-state index is 12.1. The van der Waals surface area contributed by atoms with E-state index in [9.17, 15) is 8.42 Å². The highest BCUT2D eigenvalue weighted by atomic mass is 32.2. The molecule has 3 N–H and O–H groups in total. The SMILES string of the molecule is CCC(CC)NS(=O)(=O)c1cn(CC)nc1N. The van der Waals surface area contributed by atoms with Crippen molar-refractivity contribution >= 4 is 15.8 Å². The lowest BCUT2D eigenvalue weighted by atomic mass is 10.2. The number of anilines is 1. The van der Waals surface area contributed by atoms with Crippen LogP contribution in [0.4, 0.5) is 5.82 Å². The lowest BCUT2D eigenvalue weighted by Crippen LogP contribution is -2.34. The van der Waals surface area contributed by atoms with Crippen molar-refractivity contribution < 1.29 is 8.42 Å². The Labute approximate surface area is 102 Å². The highest BCUT2D eigenvalue weighted by Crippen LogP contribution is 2.17. The van der Waals surface area contributed by atoms with Crippen LogP contribution in [0.15, 0.2) is 11.1 Å². The second-order valence-corrected chi connectivity index (χ2v) is 5.55. The third kappa shape index (κ3) is 3.19. The molecule has 0 fully saturated rings. The summed E-state index contributed by atoms with van der Waals surface area (Å²) in [6.07, 6.45) is 2.95. The summed E-state index contributed by atoms with van der Waals surface area (Å²) < 4.78 is 28.3. The molecule has 0 aliphatic carbocycles. The van der Waals surface area contributed by atoms with E-state index in [1.807, 2.05) is 20.8 Å². The minimum atomic E-state index is -3.56. The first-order chi connectivity index (χ1) is 7.94. The van der Waals surface area contributed by atoms with Gasteiger partial charge in [-0.3, -0.25) is 4.68 Å². The molecule has 0 aliphatic rings. The molecule has 0 amide bonds. The highest BCUT2D eigenvalue weighted by molar-refractivity contribution is 7.89. The van der Waals surface area contributed by atoms with Gasteiger partial charge in [0.15, 0.2) is 5.82 Å². The Hall–Kier alpha value is -1.08. The number of aryl methyl sites for hydroxylation is 1. The van der Waals surface area contributed by atoms with Crippen LogP contribution < -0.4 is 10.5 Å². The summed E-state index contributed by atoms with van der Waals surface area (Å²) in [5, 5.41) is 3.93. The number of hydrogen-bond acceptors (Lipinski definition) is 4. The van der Waals surface area contributed by atoms with E-state index in [0.717, 1.165) is 12.8 Å². The first-order valence-corrected chi connectivity index (χ1v) is 7.28. The van der Waals surface area contributed by atoms with Gasteiger partial charge in [0.2, 0.25) is 10.0 Å². The number of nitrogens with two attached hydrogens (primary N) is 1. The zero-order valence-corrected chi connectivity index (χ0v) is 11.3. The van der Waals surface area contributed by atoms with Crippen molar-refractivity contribution in [2.45, 2.75) is 51.1 Å². The third-order valence-electron chi connectivity index (χ3n) is 2.68. The second-order valence-electron chi connectivity index (χ2n) is 3.87. The number of rotatable bonds is 6. The van der Waals surface area contributed by atoms with Gasteiger partial charge in [-0.25, -0.2) is 13.1 Å². The maximum Gasteiger partial charge on any atom is 0.246 e. The standard InChI is InChI=1S/C10H20N4O2S/c1-4-8(5-2)13-17(15,16)9-7-14(6-3)12-10(9)11/h7-8,13H,4-6H2,1-3H3,(H2,11,12). The molecule has 0 unspecified atom stereocenters. The Bertz CT molecular complexity index is 463. The fraction of sp³-hybridized carbons (Fsp3) is 0.700. The minimum Gasteiger partial charge on any atom is -0.381 e. The van der Waals surface area contributed by atoms with Gasteiger partial charge in [0.1, 0.15) is 4.90 Å². The van der Waals surface area contributed by atoms with E-state index in [4.69, 9.17) is 5.73 Å². The van der Waals surface area contributed by atoms with Crippen molar-refractivity contribution in [1.82, 2.24) is 14.5 Å². The number of aromatic nitrogens is 2. The average molecular weight is 260 g/mol. The highest BCUT2D eigenvalue weighted by Gasteiger charge is 2.23. The normalized spacial score (nSPS) is 12.2. The molecule has 0 bridgehead atoms. The van der Waals surface area contributed by atoms with Crippen molar-refractivity contribution in [1.29, 1.82) is 0 Å². The summed E-state index contributed by atoms with van der Waals surface area (Å²) in [6, 6.07) is -0.0654. The first kappa shape index (κ1) is 14.0. The van der Waals surface area contributed by atoms with Gasteiger partial charge in [-0.2, -0.15) is 5.10 Å². The molecule has 0 saturated heterocycles. The van der Waals surface area contributed by atoms with Gasteiger partial charge in [-0.05, 0) is 19.8 Å². The van der Waals surface area contributed by atoms with Gasteiger partial charge in [0.25, 0.3) is 0 Å². The fourth-order valence-electron chi connectivity index (χ4n) is 1.53. The lowest BCUT2D eigenvalue weighted by molar-refractivity contribution is 0.530. The van der Waals surface area contributed by atoms with Gasteiger partial charge >= 0.3 is 0 Å². The van der Waals surface area contributed by atoms with E-state index in [-0.39, 0.29) is 16.8 Å². The zero-order valence-electron chi connectivity index (χ0n) is 10.5. The molecule has 0 aliphatic heterocycles. The van der Waals surface area contributed by atoms with E-state index in [1.54, 1.807) is 0 Å². The molecule has 1 aromatic rings. The van der Waals surface area contributed by atoms with Crippen LogP contribution in [0.5, 0.6) is 0 Å². The molecule has 1 aromatic heterocycles. The number of hydrogen-bond donors (Lipinski definition) is 2. The van der Waals surface area contributed by atoms with Crippen LogP contribution in [0.3, 0.4) is 0 Å². The van der Waals surface area contributed by atoms with Crippen LogP contribution in [0.1, 0.15) is 33.6 Å². The quantitative estimate of drug-likeness (QED) is 0.797. The molecule has 1 rings (SSSR count). The molecule has 0 aromatic carbocycles. The molecule has 0 atom stereocenters. The number of nitrogens with zero attached hydrogens (tertiary/aromatic N) is 2. The predicted octanol–water partition coefficient (Wildman–Crippen LogP) is 0.952. The molecular formula is C10H20N4O2S. The van der Waals surface area contributed by atoms with E-state index in [0.29, 0.717) is 6.54 Å². The van der Waals surface area contributed by atoms with Crippen LogP contribution in [0.25, 0.3) is 0 Å². The summed E-state index contributed by atoms with van der Waals surface area (Å²) in [6.45, 7) is 6.34. The fourth-order valence-corrected chi connectivity index (χ4v) is 3.00. The smallest absolute Gasteiger partial charge is 0.246 e. The van der Waals surface area contributed by atoms with Crippen molar-refractivity contribution in [2.75, 3.05) is 5.73 Å². The Balaban J connectivity index is 3.00. The molecular weight excluding hydrogens is 240 g/mol. The summed E-state index contributed by atoms with van der Waals surface area (Å²) in [5.41, 5.74) is 5.61. The Morgan fingerprint density at radius 3 is 2.41 bits per heavy atom. The van der Waals surface area contributed by atoms with Crippen LogP contribution in [0.2, 0.25) is 0 Å². The second kappa shape index (κ2) is 5.50. The van der Waals surface area contributed by atoms with Crippen LogP contribution in [-0.4, -0.2) is 24.2 Å². The van der Waals surface area contributed by atoms with Gasteiger partial charge in [0.05, 0.1) is 0 Å². The van der Waals surface area contributed by atoms with Crippen LogP contribution in [0, 0.1) is 0 Å². The first-order valence-electron chi connectivity index (χ1n) is 5.79. The summed E-state index contributed by atoms with van der Waals surface area (Å²) in [5.74, 6) is 0.0466. The van der Waals surface area contributed by atoms with Crippen molar-refractivity contribution in [3.05, 3.63) is 6.20 Å². The molecule has 6 nitrogen and oxygen atoms in total. The molecule has 7 heteroatoms. The largest absolute Gasteiger partial charge is 0.381 e. The van der Waals surface area contributed by atoms with E-state index in [2.05, 4.69) is 9.82 Å². The number of sulfonamides is 1. The summed E-state index contributed by atoms with van der Waals surface area (Å²) in [7, 11) is -3.56. The molecule has 98 valence electrons. The zero-order chi connectivity index (χ0) is 13.1. The summed E-state index contributed by atoms with van der Waals surface area (Å²) in [4.78, 5) is 0.0613. The Morgan fingerprint density at radius 2 is 2.00 bits per heavy atom. The van der Waals surface area contributed by atoms with Crippen LogP contribution >= 0.6 is 0 Å². The minimum absolute atomic E-state index is 0.0466. The molecule has 0 spiro atoms. The maximum atomic E-state index is 12.1. The molecule has 0 saturated carbocycles. The Kier molecular flexibility index (Phi) is 4.53. The van der Waals surface area contributed by atoms with E-state index >= 15 is 0 Å². The number of nitrogens with one attached hydrogen (secondary N) is 1. The monoisotopic (exact) mass is 260 g/mol. The Morgan fingerprint density at radius 1 is 1.41 bits per heavy atom. The third-order valence-corrected chi connectivity index (χ3v) is 4.21. The van der Waals surface area contributed by atoms with E-state index < -0.39 is 10.0 Å². The predicted molar refractivity (Wildman–Crippen MR) is 67.0 cm³/mol. The van der Waals surface area contributed by atoms with Crippen molar-refractivity contribution in [3.63, 3.8) is 0 Å². The molecule has 1 heterocycles. The van der Waals surface area contributed by atoms with Crippen molar-refractivity contribution in [3.8, 4) is 0 Å². The van der Waals surface area contributed by atoms with Gasteiger partial charge < -0.3 is 5.73 Å². The van der Waals surface area contributed by atoms with Gasteiger partial charge in [-0.15, -0.1) is 0 Å². The van der Waals surface area contributed by atoms with E-state index in [1.165, 1.54) is 10.9 Å². The average Bonchev–Trinajstić information content (AvgIpc) is 2.68. The number of nitrogen functional groups attached to an aromatic ring is 1. The van der Waals surface area contributed by atoms with Gasteiger partial charge in [-0.1, -0.05) is 13.8 Å². The van der Waals surface area contributed by atoms with Crippen LogP contribution in [-0.2, 0) is 16.6 Å². The summed E-state index contributed by atoms with van der Waals surface area (Å²) >= 11 is 0. The van der Waals surface area contributed by atoms with Gasteiger partial charge in [0, 0.05) is 18.8 Å². The topological polar surface area (TPSA) is 90.0 Å². The molecule has 0 radical (unpaired) electrons. The van der Waals surface area contributed by atoms with Crippen molar-refractivity contribution in [2.24, 2.45) is 0 Å². The molecule has 17 heavy (non-hydrogen) atoms.